The Morgan fingerprint density at radius 1 is 1.42 bits per heavy atom. The SMILES string of the molecule is CC1(c2nc(-c3ccccc3F)no2)COCC1N. The molecule has 5 nitrogen and oxygen atoms in total. The van der Waals surface area contributed by atoms with Crippen molar-refractivity contribution >= 4 is 0 Å². The van der Waals surface area contributed by atoms with Gasteiger partial charge in [-0.15, -0.1) is 0 Å². The van der Waals surface area contributed by atoms with Crippen molar-refractivity contribution in [3.63, 3.8) is 0 Å². The van der Waals surface area contributed by atoms with E-state index >= 15 is 0 Å². The molecule has 3 rings (SSSR count). The van der Waals surface area contributed by atoms with Crippen LogP contribution < -0.4 is 5.73 Å². The van der Waals surface area contributed by atoms with Crippen LogP contribution in [0.15, 0.2) is 28.8 Å². The molecule has 1 aliphatic heterocycles. The first-order valence-electron chi connectivity index (χ1n) is 6.04. The lowest BCUT2D eigenvalue weighted by Gasteiger charge is -2.21. The summed E-state index contributed by atoms with van der Waals surface area (Å²) in [6, 6.07) is 6.10. The summed E-state index contributed by atoms with van der Waals surface area (Å²) in [6.45, 7) is 2.78. The molecular weight excluding hydrogens is 249 g/mol. The van der Waals surface area contributed by atoms with Gasteiger partial charge in [-0.2, -0.15) is 4.98 Å². The Labute approximate surface area is 109 Å². The maximum Gasteiger partial charge on any atom is 0.236 e. The summed E-state index contributed by atoms with van der Waals surface area (Å²) in [7, 11) is 0. The molecule has 2 aromatic rings. The zero-order chi connectivity index (χ0) is 13.5. The number of nitrogens with zero attached hydrogens (tertiary/aromatic N) is 2. The molecule has 2 N–H and O–H groups in total. The summed E-state index contributed by atoms with van der Waals surface area (Å²) in [5, 5.41) is 3.83. The smallest absolute Gasteiger partial charge is 0.236 e. The molecule has 2 unspecified atom stereocenters. The van der Waals surface area contributed by atoms with Gasteiger partial charge < -0.3 is 15.0 Å². The molecular formula is C13H14FN3O2. The molecule has 0 saturated carbocycles. The molecule has 1 aromatic carbocycles. The maximum atomic E-state index is 13.7. The number of ether oxygens (including phenoxy) is 1. The summed E-state index contributed by atoms with van der Waals surface area (Å²) in [5.41, 5.74) is 5.79. The van der Waals surface area contributed by atoms with Crippen LogP contribution in [0.5, 0.6) is 0 Å². The lowest BCUT2D eigenvalue weighted by atomic mass is 9.86. The van der Waals surface area contributed by atoms with E-state index in [0.29, 0.717) is 24.7 Å². The minimum absolute atomic E-state index is 0.207. The van der Waals surface area contributed by atoms with Crippen LogP contribution in [0.25, 0.3) is 11.4 Å². The van der Waals surface area contributed by atoms with E-state index in [1.807, 2.05) is 6.92 Å². The van der Waals surface area contributed by atoms with Gasteiger partial charge in [0.15, 0.2) is 0 Å². The number of benzene rings is 1. The average molecular weight is 263 g/mol. The third-order valence-electron chi connectivity index (χ3n) is 3.55. The standard InChI is InChI=1S/C13H14FN3O2/c1-13(7-18-6-10(13)15)12-16-11(17-19-12)8-4-2-3-5-9(8)14/h2-5,10H,6-7,15H2,1H3. The molecule has 0 radical (unpaired) electrons. The van der Waals surface area contributed by atoms with Crippen LogP contribution in [0, 0.1) is 5.82 Å². The molecule has 0 bridgehead atoms. The third kappa shape index (κ3) is 1.93. The van der Waals surface area contributed by atoms with Crippen molar-refractivity contribution in [1.29, 1.82) is 0 Å². The Bertz CT molecular complexity index is 601. The Hall–Kier alpha value is -1.79. The highest BCUT2D eigenvalue weighted by Crippen LogP contribution is 2.32. The molecule has 1 aliphatic rings. The van der Waals surface area contributed by atoms with Crippen LogP contribution in [-0.4, -0.2) is 29.4 Å². The summed E-state index contributed by atoms with van der Waals surface area (Å²) in [5.74, 6) is 0.233. The fourth-order valence-corrected chi connectivity index (χ4v) is 2.12. The predicted octanol–water partition coefficient (Wildman–Crippen LogP) is 1.49. The quantitative estimate of drug-likeness (QED) is 0.888. The zero-order valence-electron chi connectivity index (χ0n) is 10.5. The average Bonchev–Trinajstić information content (AvgIpc) is 2.99. The number of aromatic nitrogens is 2. The van der Waals surface area contributed by atoms with Gasteiger partial charge in [-0.3, -0.25) is 0 Å². The van der Waals surface area contributed by atoms with Crippen LogP contribution in [0.2, 0.25) is 0 Å². The van der Waals surface area contributed by atoms with Gasteiger partial charge >= 0.3 is 0 Å². The lowest BCUT2D eigenvalue weighted by Crippen LogP contribution is -2.42. The Morgan fingerprint density at radius 3 is 2.89 bits per heavy atom. The minimum Gasteiger partial charge on any atom is -0.379 e. The molecule has 0 amide bonds. The molecule has 6 heteroatoms. The van der Waals surface area contributed by atoms with E-state index in [4.69, 9.17) is 15.0 Å². The summed E-state index contributed by atoms with van der Waals surface area (Å²) in [4.78, 5) is 4.27. The fourth-order valence-electron chi connectivity index (χ4n) is 2.12. The van der Waals surface area contributed by atoms with Crippen LogP contribution in [0.4, 0.5) is 4.39 Å². The van der Waals surface area contributed by atoms with Crippen molar-refractivity contribution < 1.29 is 13.7 Å². The van der Waals surface area contributed by atoms with Crippen molar-refractivity contribution in [2.24, 2.45) is 5.73 Å². The maximum absolute atomic E-state index is 13.7. The fraction of sp³-hybridized carbons (Fsp3) is 0.385. The molecule has 1 fully saturated rings. The summed E-state index contributed by atoms with van der Waals surface area (Å²) < 4.78 is 24.2. The summed E-state index contributed by atoms with van der Waals surface area (Å²) in [6.07, 6.45) is 0. The number of hydrogen-bond acceptors (Lipinski definition) is 5. The molecule has 19 heavy (non-hydrogen) atoms. The molecule has 0 aliphatic carbocycles. The van der Waals surface area contributed by atoms with Crippen LogP contribution in [0.1, 0.15) is 12.8 Å². The van der Waals surface area contributed by atoms with E-state index in [2.05, 4.69) is 10.1 Å². The van der Waals surface area contributed by atoms with Crippen molar-refractivity contribution in [2.45, 2.75) is 18.4 Å². The Balaban J connectivity index is 1.98. The normalized spacial score (nSPS) is 26.8. The highest BCUT2D eigenvalue weighted by Gasteiger charge is 2.44. The van der Waals surface area contributed by atoms with Gasteiger partial charge in [0.1, 0.15) is 5.82 Å². The first kappa shape index (κ1) is 12.3. The minimum atomic E-state index is -0.517. The first-order chi connectivity index (χ1) is 9.11. The summed E-state index contributed by atoms with van der Waals surface area (Å²) >= 11 is 0. The molecule has 2 heterocycles. The Kier molecular flexibility index (Phi) is 2.83. The van der Waals surface area contributed by atoms with Crippen LogP contribution in [0.3, 0.4) is 0 Å². The first-order valence-corrected chi connectivity index (χ1v) is 6.04. The number of hydrogen-bond donors (Lipinski definition) is 1. The number of rotatable bonds is 2. The van der Waals surface area contributed by atoms with Crippen LogP contribution in [-0.2, 0) is 10.2 Å². The van der Waals surface area contributed by atoms with E-state index < -0.39 is 5.41 Å². The number of nitrogens with two attached hydrogens (primary N) is 1. The van der Waals surface area contributed by atoms with E-state index in [0.717, 1.165) is 0 Å². The van der Waals surface area contributed by atoms with Gasteiger partial charge in [-0.1, -0.05) is 17.3 Å². The van der Waals surface area contributed by atoms with Gasteiger partial charge in [0.25, 0.3) is 0 Å². The van der Waals surface area contributed by atoms with Crippen molar-refractivity contribution in [2.75, 3.05) is 13.2 Å². The van der Waals surface area contributed by atoms with Gasteiger partial charge in [0.2, 0.25) is 11.7 Å². The zero-order valence-corrected chi connectivity index (χ0v) is 10.5. The highest BCUT2D eigenvalue weighted by molar-refractivity contribution is 5.55. The largest absolute Gasteiger partial charge is 0.379 e. The second-order valence-electron chi connectivity index (χ2n) is 4.94. The predicted molar refractivity (Wildman–Crippen MR) is 65.8 cm³/mol. The highest BCUT2D eigenvalue weighted by atomic mass is 19.1. The second-order valence-corrected chi connectivity index (χ2v) is 4.94. The van der Waals surface area contributed by atoms with E-state index in [1.54, 1.807) is 18.2 Å². The van der Waals surface area contributed by atoms with E-state index in [9.17, 15) is 4.39 Å². The third-order valence-corrected chi connectivity index (χ3v) is 3.55. The second kappa shape index (κ2) is 4.40. The van der Waals surface area contributed by atoms with Gasteiger partial charge in [-0.25, -0.2) is 4.39 Å². The van der Waals surface area contributed by atoms with Crippen molar-refractivity contribution in [1.82, 2.24) is 10.1 Å². The molecule has 1 aromatic heterocycles. The van der Waals surface area contributed by atoms with E-state index in [1.165, 1.54) is 6.07 Å². The number of halogens is 1. The molecule has 0 spiro atoms. The van der Waals surface area contributed by atoms with Crippen LogP contribution >= 0.6 is 0 Å². The molecule has 100 valence electrons. The topological polar surface area (TPSA) is 74.2 Å². The van der Waals surface area contributed by atoms with Gasteiger partial charge in [-0.05, 0) is 19.1 Å². The van der Waals surface area contributed by atoms with Gasteiger partial charge in [0, 0.05) is 6.04 Å². The van der Waals surface area contributed by atoms with Crippen molar-refractivity contribution in [3.8, 4) is 11.4 Å². The Morgan fingerprint density at radius 2 is 2.21 bits per heavy atom. The monoisotopic (exact) mass is 263 g/mol. The lowest BCUT2D eigenvalue weighted by molar-refractivity contribution is 0.169. The van der Waals surface area contributed by atoms with E-state index in [-0.39, 0.29) is 17.7 Å². The molecule has 1 saturated heterocycles. The molecule has 2 atom stereocenters. The van der Waals surface area contributed by atoms with Crippen molar-refractivity contribution in [3.05, 3.63) is 36.0 Å². The van der Waals surface area contributed by atoms with Gasteiger partial charge in [0.05, 0.1) is 24.2 Å².